The lowest BCUT2D eigenvalue weighted by molar-refractivity contribution is -0.154. The number of carboxylic acids is 1. The van der Waals surface area contributed by atoms with E-state index in [-0.39, 0.29) is 5.60 Å². The topological polar surface area (TPSA) is 66.8 Å². The Bertz CT molecular complexity index is 225. The smallest absolute Gasteiger partial charge is 0.333 e. The van der Waals surface area contributed by atoms with E-state index >= 15 is 0 Å². The lowest BCUT2D eigenvalue weighted by Crippen LogP contribution is -2.36. The summed E-state index contributed by atoms with van der Waals surface area (Å²) in [7, 11) is 0. The first kappa shape index (κ1) is 11.5. The lowest BCUT2D eigenvalue weighted by Gasteiger charge is -2.25. The average molecular weight is 202 g/mol. The fourth-order valence-corrected chi connectivity index (χ4v) is 1.28. The van der Waals surface area contributed by atoms with Crippen LogP contribution in [0, 0.1) is 5.41 Å². The molecule has 0 saturated heterocycles. The number of aliphatic hydroxyl groups excluding tert-OH is 1. The first-order chi connectivity index (χ1) is 6.27. The zero-order valence-electron chi connectivity index (χ0n) is 8.91. The molecule has 82 valence electrons. The van der Waals surface area contributed by atoms with Crippen LogP contribution in [0.4, 0.5) is 0 Å². The number of carbonyl (C=O) groups is 1. The Kier molecular flexibility index (Phi) is 2.88. The Morgan fingerprint density at radius 3 is 2.29 bits per heavy atom. The maximum atomic E-state index is 10.6. The molecule has 1 saturated carbocycles. The van der Waals surface area contributed by atoms with Gasteiger partial charge in [-0.25, -0.2) is 4.79 Å². The molecule has 1 unspecified atom stereocenters. The van der Waals surface area contributed by atoms with Crippen LogP contribution >= 0.6 is 0 Å². The molecular formula is C10H18O4. The molecule has 1 aliphatic carbocycles. The molecule has 0 amide bonds. The first-order valence-electron chi connectivity index (χ1n) is 4.82. The zero-order valence-corrected chi connectivity index (χ0v) is 8.91. The van der Waals surface area contributed by atoms with Crippen molar-refractivity contribution < 1.29 is 19.7 Å². The quantitative estimate of drug-likeness (QED) is 0.714. The minimum atomic E-state index is -1.29. The van der Waals surface area contributed by atoms with Gasteiger partial charge in [0.2, 0.25) is 0 Å². The number of ether oxygens (including phenoxy) is 1. The summed E-state index contributed by atoms with van der Waals surface area (Å²) in [5.74, 6) is -1.15. The van der Waals surface area contributed by atoms with E-state index in [2.05, 4.69) is 0 Å². The predicted molar refractivity (Wildman–Crippen MR) is 51.0 cm³/mol. The second-order valence-corrected chi connectivity index (χ2v) is 5.00. The Labute approximate surface area is 83.9 Å². The summed E-state index contributed by atoms with van der Waals surface area (Å²) < 4.78 is 5.50. The van der Waals surface area contributed by atoms with Crippen molar-refractivity contribution in [2.24, 2.45) is 5.41 Å². The fourth-order valence-electron chi connectivity index (χ4n) is 1.28. The molecule has 14 heavy (non-hydrogen) atoms. The summed E-state index contributed by atoms with van der Waals surface area (Å²) in [6.07, 6.45) is 0.178. The molecule has 1 rings (SSSR count). The average Bonchev–Trinajstić information content (AvgIpc) is 2.79. The van der Waals surface area contributed by atoms with E-state index in [1.54, 1.807) is 0 Å². The highest BCUT2D eigenvalue weighted by Gasteiger charge is 2.52. The summed E-state index contributed by atoms with van der Waals surface area (Å²) in [6.45, 7) is 6.06. The normalized spacial score (nSPS) is 21.7. The van der Waals surface area contributed by atoms with Crippen molar-refractivity contribution in [2.75, 3.05) is 6.61 Å². The van der Waals surface area contributed by atoms with E-state index in [1.807, 2.05) is 20.8 Å². The van der Waals surface area contributed by atoms with Gasteiger partial charge in [-0.05, 0) is 33.6 Å². The second-order valence-electron chi connectivity index (χ2n) is 5.00. The Morgan fingerprint density at radius 1 is 1.50 bits per heavy atom. The van der Waals surface area contributed by atoms with Gasteiger partial charge in [0.05, 0.1) is 12.2 Å². The van der Waals surface area contributed by atoms with Gasteiger partial charge in [-0.3, -0.25) is 0 Å². The number of aliphatic carboxylic acids is 1. The van der Waals surface area contributed by atoms with Crippen LogP contribution in [0.1, 0.15) is 33.6 Å². The van der Waals surface area contributed by atoms with Crippen molar-refractivity contribution in [3.05, 3.63) is 0 Å². The summed E-state index contributed by atoms with van der Waals surface area (Å²) >= 11 is 0. The summed E-state index contributed by atoms with van der Waals surface area (Å²) in [6, 6.07) is 0. The van der Waals surface area contributed by atoms with Crippen LogP contribution < -0.4 is 0 Å². The molecule has 4 nitrogen and oxygen atoms in total. The van der Waals surface area contributed by atoms with Gasteiger partial charge in [-0.1, -0.05) is 0 Å². The molecule has 2 N–H and O–H groups in total. The SMILES string of the molecule is CC(C)(C)OCC1(C(O)C(=O)O)CC1. The molecule has 1 atom stereocenters. The van der Waals surface area contributed by atoms with Crippen molar-refractivity contribution in [1.82, 2.24) is 0 Å². The third kappa shape index (κ3) is 2.69. The Morgan fingerprint density at radius 2 is 2.00 bits per heavy atom. The van der Waals surface area contributed by atoms with E-state index < -0.39 is 17.5 Å². The van der Waals surface area contributed by atoms with Crippen LogP contribution in [0.25, 0.3) is 0 Å². The highest BCUT2D eigenvalue weighted by atomic mass is 16.5. The van der Waals surface area contributed by atoms with E-state index in [1.165, 1.54) is 0 Å². The highest BCUT2D eigenvalue weighted by Crippen LogP contribution is 2.49. The van der Waals surface area contributed by atoms with Crippen LogP contribution in [0.3, 0.4) is 0 Å². The Balaban J connectivity index is 2.47. The molecule has 0 radical (unpaired) electrons. The monoisotopic (exact) mass is 202 g/mol. The molecule has 1 aliphatic rings. The number of hydrogen-bond donors (Lipinski definition) is 2. The number of aliphatic hydroxyl groups is 1. The van der Waals surface area contributed by atoms with E-state index in [0.29, 0.717) is 6.61 Å². The summed E-state index contributed by atoms with van der Waals surface area (Å²) in [5.41, 5.74) is -0.813. The van der Waals surface area contributed by atoms with Crippen molar-refractivity contribution in [1.29, 1.82) is 0 Å². The molecule has 0 aliphatic heterocycles. The fraction of sp³-hybridized carbons (Fsp3) is 0.900. The third-order valence-corrected chi connectivity index (χ3v) is 2.50. The maximum absolute atomic E-state index is 10.6. The van der Waals surface area contributed by atoms with Gasteiger partial charge in [0.1, 0.15) is 0 Å². The minimum Gasteiger partial charge on any atom is -0.479 e. The highest BCUT2D eigenvalue weighted by molar-refractivity contribution is 5.73. The van der Waals surface area contributed by atoms with Crippen molar-refractivity contribution >= 4 is 5.97 Å². The van der Waals surface area contributed by atoms with Crippen LogP contribution in [-0.4, -0.2) is 34.5 Å². The van der Waals surface area contributed by atoms with Crippen LogP contribution in [0.5, 0.6) is 0 Å². The van der Waals surface area contributed by atoms with E-state index in [0.717, 1.165) is 12.8 Å². The summed E-state index contributed by atoms with van der Waals surface area (Å²) in [5, 5.41) is 18.1. The molecule has 0 aromatic rings. The van der Waals surface area contributed by atoms with Crippen LogP contribution in [0.15, 0.2) is 0 Å². The standard InChI is InChI=1S/C10H18O4/c1-9(2,3)14-6-10(4-5-10)7(11)8(12)13/h7,11H,4-6H2,1-3H3,(H,12,13). The van der Waals surface area contributed by atoms with Crippen LogP contribution in [0.2, 0.25) is 0 Å². The van der Waals surface area contributed by atoms with Gasteiger partial charge < -0.3 is 14.9 Å². The van der Waals surface area contributed by atoms with Gasteiger partial charge in [-0.2, -0.15) is 0 Å². The minimum absolute atomic E-state index is 0.284. The van der Waals surface area contributed by atoms with Gasteiger partial charge in [0, 0.05) is 5.41 Å². The predicted octanol–water partition coefficient (Wildman–Crippen LogP) is 1.03. The molecule has 0 bridgehead atoms. The van der Waals surface area contributed by atoms with Crippen LogP contribution in [-0.2, 0) is 9.53 Å². The van der Waals surface area contributed by atoms with Crippen molar-refractivity contribution in [2.45, 2.75) is 45.3 Å². The molecule has 1 fully saturated rings. The molecule has 0 aromatic carbocycles. The van der Waals surface area contributed by atoms with Crippen molar-refractivity contribution in [3.63, 3.8) is 0 Å². The van der Waals surface area contributed by atoms with Gasteiger partial charge in [0.25, 0.3) is 0 Å². The van der Waals surface area contributed by atoms with Crippen molar-refractivity contribution in [3.8, 4) is 0 Å². The largest absolute Gasteiger partial charge is 0.479 e. The molecular weight excluding hydrogens is 184 g/mol. The second kappa shape index (κ2) is 3.51. The molecule has 0 aromatic heterocycles. The first-order valence-corrected chi connectivity index (χ1v) is 4.82. The number of carboxylic acid groups (broad SMARTS) is 1. The molecule has 4 heteroatoms. The molecule has 0 spiro atoms. The summed E-state index contributed by atoms with van der Waals surface area (Å²) in [4.78, 5) is 10.6. The number of rotatable bonds is 4. The van der Waals surface area contributed by atoms with Gasteiger partial charge in [0.15, 0.2) is 6.10 Å². The zero-order chi connectivity index (χ0) is 11.0. The number of hydrogen-bond acceptors (Lipinski definition) is 3. The molecule has 0 heterocycles. The third-order valence-electron chi connectivity index (χ3n) is 2.50. The Hall–Kier alpha value is -0.610. The van der Waals surface area contributed by atoms with Gasteiger partial charge >= 0.3 is 5.97 Å². The van der Waals surface area contributed by atoms with Gasteiger partial charge in [-0.15, -0.1) is 0 Å². The van der Waals surface area contributed by atoms with E-state index in [4.69, 9.17) is 9.84 Å². The lowest BCUT2D eigenvalue weighted by atomic mass is 10.00. The van der Waals surface area contributed by atoms with E-state index in [9.17, 15) is 9.90 Å². The maximum Gasteiger partial charge on any atom is 0.333 e.